The van der Waals surface area contributed by atoms with Crippen molar-refractivity contribution in [1.82, 2.24) is 0 Å². The quantitative estimate of drug-likeness (QED) is 0.833. The number of carbonyl (C=O) groups excluding carboxylic acids is 1. The van der Waals surface area contributed by atoms with Crippen LogP contribution in [-0.4, -0.2) is 25.2 Å². The molecule has 1 aromatic carbocycles. The molecule has 0 saturated heterocycles. The smallest absolute Gasteiger partial charge is 0.420 e. The molecule has 0 radical (unpaired) electrons. The van der Waals surface area contributed by atoms with Crippen LogP contribution in [0.3, 0.4) is 0 Å². The molecule has 1 N–H and O–H groups in total. The molecule has 0 spiro atoms. The number of anilines is 1. The Morgan fingerprint density at radius 2 is 2.12 bits per heavy atom. The minimum atomic E-state index is -4.57. The number of benzene rings is 1. The maximum atomic E-state index is 13.2. The standard InChI is InChI=1S/C18H24F3NO3/c1-4-25-15-8-7-13(10-14(15)18(19,20)21)22-16(23)17(24-3)9-5-6-12(2)11-17/h7-8,10,12H,4-6,9,11H2,1-3H3,(H,22,23)/t12-,17-/m0/s1. The van der Waals surface area contributed by atoms with Crippen LogP contribution in [0.1, 0.15) is 45.1 Å². The maximum Gasteiger partial charge on any atom is 0.420 e. The number of ether oxygens (including phenoxy) is 2. The first-order valence-electron chi connectivity index (χ1n) is 8.42. The molecular weight excluding hydrogens is 335 g/mol. The second-order valence-electron chi connectivity index (χ2n) is 6.50. The average molecular weight is 359 g/mol. The van der Waals surface area contributed by atoms with E-state index in [0.717, 1.165) is 18.9 Å². The highest BCUT2D eigenvalue weighted by Crippen LogP contribution is 2.39. The van der Waals surface area contributed by atoms with Gasteiger partial charge in [-0.15, -0.1) is 0 Å². The molecule has 0 heterocycles. The summed E-state index contributed by atoms with van der Waals surface area (Å²) in [7, 11) is 1.47. The average Bonchev–Trinajstić information content (AvgIpc) is 2.55. The third-order valence-corrected chi connectivity index (χ3v) is 4.60. The first-order chi connectivity index (χ1) is 11.7. The van der Waals surface area contributed by atoms with Crippen LogP contribution in [0.4, 0.5) is 18.9 Å². The van der Waals surface area contributed by atoms with Gasteiger partial charge in [-0.25, -0.2) is 0 Å². The molecule has 25 heavy (non-hydrogen) atoms. The van der Waals surface area contributed by atoms with E-state index >= 15 is 0 Å². The van der Waals surface area contributed by atoms with Crippen molar-refractivity contribution < 1.29 is 27.4 Å². The number of alkyl halides is 3. The summed E-state index contributed by atoms with van der Waals surface area (Å²) >= 11 is 0. The molecule has 0 unspecified atom stereocenters. The molecule has 1 amide bonds. The van der Waals surface area contributed by atoms with Crippen molar-refractivity contribution in [1.29, 1.82) is 0 Å². The number of nitrogens with one attached hydrogen (secondary N) is 1. The lowest BCUT2D eigenvalue weighted by Crippen LogP contribution is -2.47. The van der Waals surface area contributed by atoms with E-state index < -0.39 is 23.2 Å². The second-order valence-corrected chi connectivity index (χ2v) is 6.50. The van der Waals surface area contributed by atoms with E-state index in [1.807, 2.05) is 6.92 Å². The van der Waals surface area contributed by atoms with E-state index in [0.29, 0.717) is 18.8 Å². The fourth-order valence-corrected chi connectivity index (χ4v) is 3.34. The summed E-state index contributed by atoms with van der Waals surface area (Å²) < 4.78 is 50.2. The molecule has 1 aliphatic carbocycles. The lowest BCUT2D eigenvalue weighted by Gasteiger charge is -2.37. The summed E-state index contributed by atoms with van der Waals surface area (Å²) in [4.78, 5) is 12.7. The number of halogens is 3. The van der Waals surface area contributed by atoms with Crippen molar-refractivity contribution >= 4 is 11.6 Å². The number of hydrogen-bond acceptors (Lipinski definition) is 3. The van der Waals surface area contributed by atoms with Gasteiger partial charge in [0, 0.05) is 12.8 Å². The molecule has 1 aliphatic rings. The normalized spacial score (nSPS) is 24.0. The van der Waals surface area contributed by atoms with E-state index in [9.17, 15) is 18.0 Å². The Hall–Kier alpha value is -1.76. The van der Waals surface area contributed by atoms with Gasteiger partial charge in [0.15, 0.2) is 0 Å². The van der Waals surface area contributed by atoms with Gasteiger partial charge in [-0.2, -0.15) is 13.2 Å². The summed E-state index contributed by atoms with van der Waals surface area (Å²) in [5, 5.41) is 2.59. The maximum absolute atomic E-state index is 13.2. The van der Waals surface area contributed by atoms with Crippen molar-refractivity contribution in [3.8, 4) is 5.75 Å². The fraction of sp³-hybridized carbons (Fsp3) is 0.611. The van der Waals surface area contributed by atoms with Crippen molar-refractivity contribution in [3.63, 3.8) is 0 Å². The highest BCUT2D eigenvalue weighted by molar-refractivity contribution is 5.97. The van der Waals surface area contributed by atoms with Crippen LogP contribution in [0.5, 0.6) is 5.75 Å². The molecule has 2 atom stereocenters. The zero-order valence-corrected chi connectivity index (χ0v) is 14.7. The zero-order valence-electron chi connectivity index (χ0n) is 14.7. The van der Waals surface area contributed by atoms with Crippen LogP contribution < -0.4 is 10.1 Å². The lowest BCUT2D eigenvalue weighted by atomic mass is 9.78. The minimum absolute atomic E-state index is 0.0791. The van der Waals surface area contributed by atoms with E-state index in [1.165, 1.54) is 19.2 Å². The first-order valence-corrected chi connectivity index (χ1v) is 8.42. The number of carbonyl (C=O) groups is 1. The van der Waals surface area contributed by atoms with E-state index in [-0.39, 0.29) is 18.0 Å². The third kappa shape index (κ3) is 4.45. The van der Waals surface area contributed by atoms with Crippen LogP contribution in [0.15, 0.2) is 18.2 Å². The summed E-state index contributed by atoms with van der Waals surface area (Å²) in [6.45, 7) is 3.78. The van der Waals surface area contributed by atoms with Gasteiger partial charge < -0.3 is 14.8 Å². The Balaban J connectivity index is 2.25. The van der Waals surface area contributed by atoms with Gasteiger partial charge in [0.1, 0.15) is 11.4 Å². The van der Waals surface area contributed by atoms with Gasteiger partial charge in [0.2, 0.25) is 0 Å². The minimum Gasteiger partial charge on any atom is -0.493 e. The SMILES string of the molecule is CCOc1ccc(NC(=O)[C@]2(OC)CCC[C@H](C)C2)cc1C(F)(F)F. The number of methoxy groups -OCH3 is 1. The molecule has 1 saturated carbocycles. The van der Waals surface area contributed by atoms with Gasteiger partial charge in [-0.1, -0.05) is 13.3 Å². The van der Waals surface area contributed by atoms with Gasteiger partial charge in [-0.3, -0.25) is 4.79 Å². The van der Waals surface area contributed by atoms with Crippen molar-refractivity contribution in [2.24, 2.45) is 5.92 Å². The largest absolute Gasteiger partial charge is 0.493 e. The second kappa shape index (κ2) is 7.64. The van der Waals surface area contributed by atoms with Gasteiger partial charge in [0.25, 0.3) is 5.91 Å². The monoisotopic (exact) mass is 359 g/mol. The van der Waals surface area contributed by atoms with Crippen molar-refractivity contribution in [2.75, 3.05) is 19.0 Å². The topological polar surface area (TPSA) is 47.6 Å². The molecular formula is C18H24F3NO3. The Morgan fingerprint density at radius 3 is 2.68 bits per heavy atom. The van der Waals surface area contributed by atoms with Crippen molar-refractivity contribution in [2.45, 2.75) is 51.3 Å². The number of rotatable bonds is 5. The van der Waals surface area contributed by atoms with Crippen LogP contribution in [0.25, 0.3) is 0 Å². The lowest BCUT2D eigenvalue weighted by molar-refractivity contribution is -0.143. The molecule has 1 aromatic rings. The summed E-state index contributed by atoms with van der Waals surface area (Å²) in [5.74, 6) is -0.329. The predicted octanol–water partition coefficient (Wildman–Crippen LogP) is 4.64. The molecule has 7 heteroatoms. The van der Waals surface area contributed by atoms with E-state index in [4.69, 9.17) is 9.47 Å². The summed E-state index contributed by atoms with van der Waals surface area (Å²) in [6, 6.07) is 3.54. The third-order valence-electron chi connectivity index (χ3n) is 4.60. The Kier molecular flexibility index (Phi) is 5.98. The van der Waals surface area contributed by atoms with Crippen LogP contribution >= 0.6 is 0 Å². The molecule has 0 aromatic heterocycles. The predicted molar refractivity (Wildman–Crippen MR) is 88.6 cm³/mol. The van der Waals surface area contributed by atoms with Crippen LogP contribution in [0, 0.1) is 5.92 Å². The van der Waals surface area contributed by atoms with Gasteiger partial charge >= 0.3 is 6.18 Å². The van der Waals surface area contributed by atoms with Crippen LogP contribution in [-0.2, 0) is 15.7 Å². The molecule has 0 aliphatic heterocycles. The number of hydrogen-bond donors (Lipinski definition) is 1. The Labute approximate surface area is 145 Å². The Morgan fingerprint density at radius 1 is 1.40 bits per heavy atom. The van der Waals surface area contributed by atoms with Crippen molar-refractivity contribution in [3.05, 3.63) is 23.8 Å². The van der Waals surface area contributed by atoms with Crippen LogP contribution in [0.2, 0.25) is 0 Å². The summed E-state index contributed by atoms with van der Waals surface area (Å²) in [5.41, 5.74) is -1.82. The van der Waals surface area contributed by atoms with Gasteiger partial charge in [0.05, 0.1) is 12.2 Å². The zero-order chi connectivity index (χ0) is 18.7. The number of amides is 1. The summed E-state index contributed by atoms with van der Waals surface area (Å²) in [6.07, 6.45) is -1.59. The first kappa shape index (κ1) is 19.6. The van der Waals surface area contributed by atoms with E-state index in [1.54, 1.807) is 6.92 Å². The molecule has 2 rings (SSSR count). The van der Waals surface area contributed by atoms with Gasteiger partial charge in [-0.05, 0) is 50.3 Å². The Bertz CT molecular complexity index is 618. The highest BCUT2D eigenvalue weighted by Gasteiger charge is 2.42. The molecule has 4 nitrogen and oxygen atoms in total. The molecule has 140 valence electrons. The molecule has 0 bridgehead atoms. The highest BCUT2D eigenvalue weighted by atomic mass is 19.4. The fourth-order valence-electron chi connectivity index (χ4n) is 3.34. The van der Waals surface area contributed by atoms with E-state index in [2.05, 4.69) is 5.32 Å². The molecule has 1 fully saturated rings.